The summed E-state index contributed by atoms with van der Waals surface area (Å²) in [5.74, 6) is -0.215. The van der Waals surface area contributed by atoms with Crippen LogP contribution in [0.25, 0.3) is 0 Å². The summed E-state index contributed by atoms with van der Waals surface area (Å²) in [6.07, 6.45) is 2.36. The van der Waals surface area contributed by atoms with Gasteiger partial charge in [0, 0.05) is 18.1 Å². The fourth-order valence-corrected chi connectivity index (χ4v) is 2.94. The lowest BCUT2D eigenvalue weighted by atomic mass is 10.0. The number of nitrogens with zero attached hydrogens (tertiary/aromatic N) is 2. The van der Waals surface area contributed by atoms with Gasteiger partial charge in [-0.1, -0.05) is 49.0 Å². The molecule has 0 aliphatic carbocycles. The number of aryl methyl sites for hydroxylation is 1. The standard InChI is InChI=1S/C25H22N2O4/c1-3-20(28)14-11-17-9-12-19(13-10-17)26-27-22-15-21(23(29)16-24(22)31-2)25(30)18-7-5-4-6-8-18/h3-10,12-13,15-16,29H,1,11,14H2,2H3. The van der Waals surface area contributed by atoms with Crippen LogP contribution in [0.4, 0.5) is 11.4 Å². The lowest BCUT2D eigenvalue weighted by Gasteiger charge is -2.09. The van der Waals surface area contributed by atoms with E-state index in [0.717, 1.165) is 5.56 Å². The largest absolute Gasteiger partial charge is 0.507 e. The van der Waals surface area contributed by atoms with Gasteiger partial charge in [0.2, 0.25) is 0 Å². The van der Waals surface area contributed by atoms with Gasteiger partial charge in [0.25, 0.3) is 0 Å². The van der Waals surface area contributed by atoms with Gasteiger partial charge in [-0.05, 0) is 36.3 Å². The molecule has 0 fully saturated rings. The molecule has 3 aromatic carbocycles. The van der Waals surface area contributed by atoms with Crippen molar-refractivity contribution in [3.05, 3.63) is 96.1 Å². The highest BCUT2D eigenvalue weighted by molar-refractivity contribution is 6.11. The van der Waals surface area contributed by atoms with Crippen molar-refractivity contribution >= 4 is 22.9 Å². The number of phenols is 1. The predicted molar refractivity (Wildman–Crippen MR) is 119 cm³/mol. The molecule has 0 aliphatic heterocycles. The molecule has 0 aliphatic rings. The van der Waals surface area contributed by atoms with Crippen LogP contribution in [0.3, 0.4) is 0 Å². The van der Waals surface area contributed by atoms with E-state index in [0.29, 0.717) is 35.5 Å². The Morgan fingerprint density at radius 1 is 1.03 bits per heavy atom. The number of rotatable bonds is 9. The van der Waals surface area contributed by atoms with E-state index in [2.05, 4.69) is 16.8 Å². The molecule has 156 valence electrons. The number of carbonyl (C=O) groups is 2. The van der Waals surface area contributed by atoms with Crippen molar-refractivity contribution in [1.82, 2.24) is 0 Å². The highest BCUT2D eigenvalue weighted by Crippen LogP contribution is 2.36. The van der Waals surface area contributed by atoms with Crippen LogP contribution in [0.1, 0.15) is 27.9 Å². The van der Waals surface area contributed by atoms with Crippen LogP contribution < -0.4 is 4.74 Å². The molecule has 31 heavy (non-hydrogen) atoms. The van der Waals surface area contributed by atoms with Gasteiger partial charge < -0.3 is 9.84 Å². The lowest BCUT2D eigenvalue weighted by Crippen LogP contribution is -2.01. The number of ether oxygens (including phenoxy) is 1. The molecule has 0 bridgehead atoms. The molecule has 0 spiro atoms. The topological polar surface area (TPSA) is 88.3 Å². The second-order valence-electron chi connectivity index (χ2n) is 6.77. The number of methoxy groups -OCH3 is 1. The first-order chi connectivity index (χ1) is 15.0. The molecular weight excluding hydrogens is 392 g/mol. The molecule has 6 heteroatoms. The molecule has 0 radical (unpaired) electrons. The fraction of sp³-hybridized carbons (Fsp3) is 0.120. The number of allylic oxidation sites excluding steroid dienone is 1. The van der Waals surface area contributed by atoms with Crippen molar-refractivity contribution in [2.75, 3.05) is 7.11 Å². The highest BCUT2D eigenvalue weighted by atomic mass is 16.5. The van der Waals surface area contributed by atoms with Gasteiger partial charge in [0.05, 0.1) is 18.4 Å². The lowest BCUT2D eigenvalue weighted by molar-refractivity contribution is -0.114. The summed E-state index contributed by atoms with van der Waals surface area (Å²) in [6.45, 7) is 3.47. The smallest absolute Gasteiger partial charge is 0.196 e. The van der Waals surface area contributed by atoms with Crippen molar-refractivity contribution in [2.45, 2.75) is 12.8 Å². The second kappa shape index (κ2) is 10.1. The number of azo groups is 1. The minimum atomic E-state index is -0.323. The Hall–Kier alpha value is -4.06. The monoisotopic (exact) mass is 414 g/mol. The zero-order valence-corrected chi connectivity index (χ0v) is 17.1. The van der Waals surface area contributed by atoms with E-state index in [-0.39, 0.29) is 22.9 Å². The molecule has 3 aromatic rings. The zero-order chi connectivity index (χ0) is 22.2. The van der Waals surface area contributed by atoms with E-state index >= 15 is 0 Å². The molecule has 0 aromatic heterocycles. The van der Waals surface area contributed by atoms with Crippen LogP contribution in [0.2, 0.25) is 0 Å². The van der Waals surface area contributed by atoms with Crippen LogP contribution in [-0.4, -0.2) is 23.8 Å². The minimum absolute atomic E-state index is 0.00374. The number of phenolic OH excluding ortho intramolecular Hbond substituents is 1. The highest BCUT2D eigenvalue weighted by Gasteiger charge is 2.17. The van der Waals surface area contributed by atoms with Crippen molar-refractivity contribution in [2.24, 2.45) is 10.2 Å². The third-order valence-electron chi connectivity index (χ3n) is 4.68. The van der Waals surface area contributed by atoms with Gasteiger partial charge in [-0.15, -0.1) is 5.11 Å². The molecule has 0 amide bonds. The Bertz CT molecular complexity index is 1120. The van der Waals surface area contributed by atoms with Crippen LogP contribution in [0, 0.1) is 0 Å². The average molecular weight is 414 g/mol. The third-order valence-corrected chi connectivity index (χ3v) is 4.68. The van der Waals surface area contributed by atoms with Crippen LogP contribution >= 0.6 is 0 Å². The Labute approximate surface area is 180 Å². The maximum Gasteiger partial charge on any atom is 0.196 e. The summed E-state index contributed by atoms with van der Waals surface area (Å²) in [4.78, 5) is 24.1. The molecule has 3 rings (SSSR count). The number of carbonyl (C=O) groups excluding carboxylic acids is 2. The number of aromatic hydroxyl groups is 1. The Balaban J connectivity index is 1.83. The summed E-state index contributed by atoms with van der Waals surface area (Å²) in [7, 11) is 1.45. The molecule has 0 unspecified atom stereocenters. The van der Waals surface area contributed by atoms with Gasteiger partial charge in [-0.2, -0.15) is 5.11 Å². The van der Waals surface area contributed by atoms with E-state index in [1.165, 1.54) is 25.3 Å². The van der Waals surface area contributed by atoms with Crippen molar-refractivity contribution in [3.63, 3.8) is 0 Å². The molecule has 0 saturated heterocycles. The third kappa shape index (κ3) is 5.51. The first kappa shape index (κ1) is 21.6. The van der Waals surface area contributed by atoms with E-state index in [1.807, 2.05) is 18.2 Å². The fourth-order valence-electron chi connectivity index (χ4n) is 2.94. The van der Waals surface area contributed by atoms with Gasteiger partial charge in [0.1, 0.15) is 17.2 Å². The Kier molecular flexibility index (Phi) is 7.06. The van der Waals surface area contributed by atoms with Gasteiger partial charge >= 0.3 is 0 Å². The van der Waals surface area contributed by atoms with Gasteiger partial charge in [-0.3, -0.25) is 9.59 Å². The Morgan fingerprint density at radius 2 is 1.74 bits per heavy atom. The van der Waals surface area contributed by atoms with Gasteiger partial charge in [0.15, 0.2) is 11.6 Å². The van der Waals surface area contributed by atoms with Crippen molar-refractivity contribution in [1.29, 1.82) is 0 Å². The van der Waals surface area contributed by atoms with E-state index in [1.54, 1.807) is 36.4 Å². The van der Waals surface area contributed by atoms with Crippen LogP contribution in [0.5, 0.6) is 11.5 Å². The first-order valence-electron chi connectivity index (χ1n) is 9.68. The second-order valence-corrected chi connectivity index (χ2v) is 6.77. The molecule has 6 nitrogen and oxygen atoms in total. The molecule has 0 atom stereocenters. The summed E-state index contributed by atoms with van der Waals surface area (Å²) < 4.78 is 5.27. The predicted octanol–water partition coefficient (Wildman–Crippen LogP) is 5.73. The summed E-state index contributed by atoms with van der Waals surface area (Å²) in [6, 6.07) is 18.8. The quantitative estimate of drug-likeness (QED) is 0.275. The van der Waals surface area contributed by atoms with Crippen LogP contribution in [0.15, 0.2) is 89.6 Å². The van der Waals surface area contributed by atoms with Crippen molar-refractivity contribution in [3.8, 4) is 11.5 Å². The van der Waals surface area contributed by atoms with Crippen LogP contribution in [-0.2, 0) is 11.2 Å². The molecular formula is C25H22N2O4. The number of benzene rings is 3. The molecule has 0 saturated carbocycles. The number of ketones is 2. The maximum atomic E-state index is 12.8. The van der Waals surface area contributed by atoms with E-state index in [9.17, 15) is 14.7 Å². The average Bonchev–Trinajstić information content (AvgIpc) is 2.82. The van der Waals surface area contributed by atoms with Crippen molar-refractivity contribution < 1.29 is 19.4 Å². The first-order valence-corrected chi connectivity index (χ1v) is 9.68. The normalized spacial score (nSPS) is 10.7. The summed E-state index contributed by atoms with van der Waals surface area (Å²) in [5, 5.41) is 18.7. The summed E-state index contributed by atoms with van der Waals surface area (Å²) in [5.41, 5.74) is 2.50. The zero-order valence-electron chi connectivity index (χ0n) is 17.1. The molecule has 0 heterocycles. The minimum Gasteiger partial charge on any atom is -0.507 e. The van der Waals surface area contributed by atoms with E-state index in [4.69, 9.17) is 4.74 Å². The Morgan fingerprint density at radius 3 is 2.39 bits per heavy atom. The molecule has 1 N–H and O–H groups in total. The number of hydrogen-bond acceptors (Lipinski definition) is 6. The number of hydrogen-bond donors (Lipinski definition) is 1. The SMILES string of the molecule is C=CC(=O)CCc1ccc(N=Nc2cc(C(=O)c3ccccc3)c(O)cc2OC)cc1. The maximum absolute atomic E-state index is 12.8. The van der Waals surface area contributed by atoms with Gasteiger partial charge in [-0.25, -0.2) is 0 Å². The van der Waals surface area contributed by atoms with E-state index < -0.39 is 0 Å². The summed E-state index contributed by atoms with van der Waals surface area (Å²) >= 11 is 0.